The fraction of sp³-hybridized carbons (Fsp3) is 1.00. The summed E-state index contributed by atoms with van der Waals surface area (Å²) in [7, 11) is 2.14. The summed E-state index contributed by atoms with van der Waals surface area (Å²) in [6, 6.07) is 0.765. The molecule has 4 unspecified atom stereocenters. The molecule has 0 heterocycles. The summed E-state index contributed by atoms with van der Waals surface area (Å²) in [6.07, 6.45) is 8.93. The molecule has 16 heavy (non-hydrogen) atoms. The molecular weight excluding hydrogens is 214 g/mol. The zero-order valence-electron chi connectivity index (χ0n) is 10.9. The van der Waals surface area contributed by atoms with Crippen molar-refractivity contribution in [2.75, 3.05) is 18.6 Å². The van der Waals surface area contributed by atoms with E-state index in [1.165, 1.54) is 37.2 Å². The Morgan fingerprint density at radius 2 is 2.19 bits per heavy atom. The Morgan fingerprint density at radius 3 is 2.75 bits per heavy atom. The van der Waals surface area contributed by atoms with E-state index >= 15 is 0 Å². The largest absolute Gasteiger partial charge is 0.316 e. The highest BCUT2D eigenvalue weighted by molar-refractivity contribution is 7.99. The number of fused-ring (bicyclic) bond motifs is 2. The zero-order chi connectivity index (χ0) is 11.4. The van der Waals surface area contributed by atoms with Crippen LogP contribution >= 0.6 is 11.8 Å². The summed E-state index contributed by atoms with van der Waals surface area (Å²) < 4.78 is 0. The first-order valence-electron chi connectivity index (χ1n) is 7.08. The highest BCUT2D eigenvalue weighted by Gasteiger charge is 2.39. The summed E-state index contributed by atoms with van der Waals surface area (Å²) in [5.41, 5.74) is 0. The van der Waals surface area contributed by atoms with E-state index in [0.717, 1.165) is 23.8 Å². The Bertz CT molecular complexity index is 207. The maximum absolute atomic E-state index is 3.53. The second kappa shape index (κ2) is 6.30. The first-order chi connectivity index (χ1) is 7.83. The van der Waals surface area contributed by atoms with Crippen LogP contribution in [0.5, 0.6) is 0 Å². The van der Waals surface area contributed by atoms with Crippen molar-refractivity contribution in [3.63, 3.8) is 0 Å². The fourth-order valence-electron chi connectivity index (χ4n) is 3.67. The number of thioether (sulfide) groups is 1. The minimum Gasteiger partial charge on any atom is -0.316 e. The van der Waals surface area contributed by atoms with Gasteiger partial charge in [0.25, 0.3) is 0 Å². The van der Waals surface area contributed by atoms with Crippen LogP contribution in [0.1, 0.15) is 45.4 Å². The van der Waals surface area contributed by atoms with Crippen molar-refractivity contribution < 1.29 is 0 Å². The molecule has 0 amide bonds. The Kier molecular flexibility index (Phi) is 5.02. The average molecular weight is 241 g/mol. The lowest BCUT2D eigenvalue weighted by atomic mass is 9.84. The van der Waals surface area contributed by atoms with E-state index in [0.29, 0.717) is 0 Å². The highest BCUT2D eigenvalue weighted by atomic mass is 32.2. The van der Waals surface area contributed by atoms with Crippen molar-refractivity contribution in [3.05, 3.63) is 0 Å². The molecule has 2 aliphatic rings. The standard InChI is InChI=1S/C14H27NS/c1-3-6-16-10-14(15-2)9-13-8-11-4-5-12(13)7-11/h11-15H,3-10H2,1-2H3. The summed E-state index contributed by atoms with van der Waals surface area (Å²) in [5, 5.41) is 3.53. The van der Waals surface area contributed by atoms with Crippen LogP contribution in [-0.2, 0) is 0 Å². The van der Waals surface area contributed by atoms with Gasteiger partial charge < -0.3 is 5.32 Å². The van der Waals surface area contributed by atoms with Gasteiger partial charge in [0.1, 0.15) is 0 Å². The molecule has 0 saturated heterocycles. The van der Waals surface area contributed by atoms with Crippen molar-refractivity contribution >= 4 is 11.8 Å². The summed E-state index contributed by atoms with van der Waals surface area (Å²) in [5.74, 6) is 5.90. The molecule has 0 aromatic carbocycles. The minimum absolute atomic E-state index is 0.765. The van der Waals surface area contributed by atoms with Gasteiger partial charge in [0, 0.05) is 11.8 Å². The van der Waals surface area contributed by atoms with Gasteiger partial charge in [-0.05, 0) is 62.7 Å². The first kappa shape index (κ1) is 12.8. The van der Waals surface area contributed by atoms with Crippen molar-refractivity contribution in [1.82, 2.24) is 5.32 Å². The maximum atomic E-state index is 3.53. The third kappa shape index (κ3) is 3.16. The molecular formula is C14H27NS. The second-order valence-electron chi connectivity index (χ2n) is 5.73. The van der Waals surface area contributed by atoms with Crippen LogP contribution in [0.2, 0.25) is 0 Å². The molecule has 94 valence electrons. The zero-order valence-corrected chi connectivity index (χ0v) is 11.7. The van der Waals surface area contributed by atoms with Crippen molar-refractivity contribution in [1.29, 1.82) is 0 Å². The molecule has 1 nitrogen and oxygen atoms in total. The molecule has 0 aromatic heterocycles. The van der Waals surface area contributed by atoms with Crippen LogP contribution in [0.3, 0.4) is 0 Å². The van der Waals surface area contributed by atoms with Gasteiger partial charge >= 0.3 is 0 Å². The van der Waals surface area contributed by atoms with Gasteiger partial charge in [-0.2, -0.15) is 11.8 Å². The predicted molar refractivity (Wildman–Crippen MR) is 74.0 cm³/mol. The van der Waals surface area contributed by atoms with Gasteiger partial charge in [0.05, 0.1) is 0 Å². The molecule has 0 aliphatic heterocycles. The van der Waals surface area contributed by atoms with E-state index in [4.69, 9.17) is 0 Å². The van der Waals surface area contributed by atoms with E-state index < -0.39 is 0 Å². The number of hydrogen-bond donors (Lipinski definition) is 1. The lowest BCUT2D eigenvalue weighted by Crippen LogP contribution is -2.31. The van der Waals surface area contributed by atoms with Crippen molar-refractivity contribution in [3.8, 4) is 0 Å². The molecule has 2 fully saturated rings. The van der Waals surface area contributed by atoms with E-state index in [-0.39, 0.29) is 0 Å². The topological polar surface area (TPSA) is 12.0 Å². The predicted octanol–water partition coefficient (Wildman–Crippen LogP) is 3.54. The molecule has 2 bridgehead atoms. The van der Waals surface area contributed by atoms with Gasteiger partial charge in [0.2, 0.25) is 0 Å². The molecule has 2 aliphatic carbocycles. The Balaban J connectivity index is 1.70. The van der Waals surface area contributed by atoms with Gasteiger partial charge in [-0.15, -0.1) is 0 Å². The van der Waals surface area contributed by atoms with Crippen LogP contribution in [0.4, 0.5) is 0 Å². The van der Waals surface area contributed by atoms with E-state index in [9.17, 15) is 0 Å². The summed E-state index contributed by atoms with van der Waals surface area (Å²) >= 11 is 2.13. The maximum Gasteiger partial charge on any atom is 0.0157 e. The second-order valence-corrected chi connectivity index (χ2v) is 6.88. The Hall–Kier alpha value is 0.310. The number of rotatable bonds is 7. The van der Waals surface area contributed by atoms with E-state index in [1.807, 2.05) is 0 Å². The molecule has 1 N–H and O–H groups in total. The lowest BCUT2D eigenvalue weighted by molar-refractivity contribution is 0.290. The Labute approximate surface area is 105 Å². The lowest BCUT2D eigenvalue weighted by Gasteiger charge is -2.26. The van der Waals surface area contributed by atoms with E-state index in [1.54, 1.807) is 12.8 Å². The monoisotopic (exact) mass is 241 g/mol. The van der Waals surface area contributed by atoms with Crippen LogP contribution in [0, 0.1) is 17.8 Å². The molecule has 0 radical (unpaired) electrons. The first-order valence-corrected chi connectivity index (χ1v) is 8.24. The highest BCUT2D eigenvalue weighted by Crippen LogP contribution is 2.49. The van der Waals surface area contributed by atoms with Crippen molar-refractivity contribution in [2.24, 2.45) is 17.8 Å². The van der Waals surface area contributed by atoms with Gasteiger partial charge in [-0.1, -0.05) is 13.3 Å². The molecule has 2 saturated carbocycles. The number of hydrogen-bond acceptors (Lipinski definition) is 2. The third-order valence-corrected chi connectivity index (χ3v) is 5.88. The molecule has 0 spiro atoms. The Morgan fingerprint density at radius 1 is 1.31 bits per heavy atom. The van der Waals surface area contributed by atoms with Gasteiger partial charge in [0.15, 0.2) is 0 Å². The normalized spacial score (nSPS) is 34.5. The molecule has 2 heteroatoms. The van der Waals surface area contributed by atoms with Gasteiger partial charge in [-0.3, -0.25) is 0 Å². The van der Waals surface area contributed by atoms with Crippen LogP contribution in [-0.4, -0.2) is 24.6 Å². The van der Waals surface area contributed by atoms with Gasteiger partial charge in [-0.25, -0.2) is 0 Å². The number of nitrogens with one attached hydrogen (secondary N) is 1. The molecule has 0 aromatic rings. The van der Waals surface area contributed by atoms with E-state index in [2.05, 4.69) is 31.1 Å². The summed E-state index contributed by atoms with van der Waals surface area (Å²) in [6.45, 7) is 2.28. The van der Waals surface area contributed by atoms with Crippen LogP contribution in [0.15, 0.2) is 0 Å². The SMILES string of the molecule is CCCSCC(CC1CC2CCC1C2)NC. The third-order valence-electron chi connectivity index (χ3n) is 4.55. The molecule has 2 rings (SSSR count). The molecule has 4 atom stereocenters. The van der Waals surface area contributed by atoms with Crippen LogP contribution < -0.4 is 5.32 Å². The van der Waals surface area contributed by atoms with Crippen LogP contribution in [0.25, 0.3) is 0 Å². The van der Waals surface area contributed by atoms with Crippen molar-refractivity contribution in [2.45, 2.75) is 51.5 Å². The average Bonchev–Trinajstić information content (AvgIpc) is 2.89. The minimum atomic E-state index is 0.765. The quantitative estimate of drug-likeness (QED) is 0.684. The smallest absolute Gasteiger partial charge is 0.0157 e. The fourth-order valence-corrected chi connectivity index (χ4v) is 4.71. The summed E-state index contributed by atoms with van der Waals surface area (Å²) in [4.78, 5) is 0.